The second-order valence-electron chi connectivity index (χ2n) is 6.07. The topological polar surface area (TPSA) is 61.7 Å². The number of rotatable bonds is 3. The molecule has 0 heterocycles. The van der Waals surface area contributed by atoms with Gasteiger partial charge >= 0.3 is 0 Å². The molecule has 2 aliphatic carbocycles. The number of carbonyl (C=O) groups excluding carboxylic acids is 1. The van der Waals surface area contributed by atoms with E-state index in [1.54, 1.807) is 0 Å². The van der Waals surface area contributed by atoms with Gasteiger partial charge in [-0.1, -0.05) is 19.3 Å². The van der Waals surface area contributed by atoms with Crippen molar-refractivity contribution >= 4 is 11.6 Å². The summed E-state index contributed by atoms with van der Waals surface area (Å²) in [6.45, 7) is 2.03. The summed E-state index contributed by atoms with van der Waals surface area (Å²) >= 11 is 0. The monoisotopic (exact) mass is 266 g/mol. The van der Waals surface area contributed by atoms with Crippen LogP contribution in [-0.2, 0) is 4.79 Å². The van der Waals surface area contributed by atoms with Gasteiger partial charge in [0.1, 0.15) is 0 Å². The van der Waals surface area contributed by atoms with E-state index in [4.69, 9.17) is 0 Å². The number of aliphatic hydroxyl groups is 1. The van der Waals surface area contributed by atoms with E-state index < -0.39 is 0 Å². The summed E-state index contributed by atoms with van der Waals surface area (Å²) in [6.07, 6.45) is 9.15. The standard InChI is InChI=1S/C15H26N2O2/c1-11(12-5-3-2-4-6-12)16-17-15(19)13-7-9-14(18)10-8-13/h12-14,18H,2-10H2,1H3,(H,17,19)/b16-11+. The molecule has 0 bridgehead atoms. The highest BCUT2D eigenvalue weighted by Crippen LogP contribution is 2.25. The van der Waals surface area contributed by atoms with Crippen molar-refractivity contribution < 1.29 is 9.90 Å². The van der Waals surface area contributed by atoms with Crippen LogP contribution >= 0.6 is 0 Å². The van der Waals surface area contributed by atoms with Crippen LogP contribution in [0.4, 0.5) is 0 Å². The minimum Gasteiger partial charge on any atom is -0.393 e. The molecule has 2 rings (SSSR count). The lowest BCUT2D eigenvalue weighted by Gasteiger charge is -2.24. The van der Waals surface area contributed by atoms with Crippen LogP contribution in [0.15, 0.2) is 5.10 Å². The Morgan fingerprint density at radius 3 is 2.26 bits per heavy atom. The Hall–Kier alpha value is -0.900. The number of nitrogens with zero attached hydrogens (tertiary/aromatic N) is 1. The molecular weight excluding hydrogens is 240 g/mol. The van der Waals surface area contributed by atoms with Gasteiger partial charge in [0, 0.05) is 11.6 Å². The van der Waals surface area contributed by atoms with Crippen LogP contribution in [0.5, 0.6) is 0 Å². The molecule has 2 N–H and O–H groups in total. The van der Waals surface area contributed by atoms with Crippen molar-refractivity contribution in [2.24, 2.45) is 16.9 Å². The number of hydrogen-bond donors (Lipinski definition) is 2. The van der Waals surface area contributed by atoms with Gasteiger partial charge in [0.25, 0.3) is 0 Å². The summed E-state index contributed by atoms with van der Waals surface area (Å²) in [5.41, 5.74) is 3.80. The predicted molar refractivity (Wildman–Crippen MR) is 75.8 cm³/mol. The number of amides is 1. The molecule has 2 saturated carbocycles. The van der Waals surface area contributed by atoms with E-state index >= 15 is 0 Å². The van der Waals surface area contributed by atoms with E-state index in [0.29, 0.717) is 5.92 Å². The molecule has 4 heteroatoms. The van der Waals surface area contributed by atoms with Gasteiger partial charge in [-0.2, -0.15) is 5.10 Å². The van der Waals surface area contributed by atoms with Crippen molar-refractivity contribution in [3.05, 3.63) is 0 Å². The van der Waals surface area contributed by atoms with E-state index in [1.165, 1.54) is 32.1 Å². The quantitative estimate of drug-likeness (QED) is 0.609. The summed E-state index contributed by atoms with van der Waals surface area (Å²) in [4.78, 5) is 12.0. The Morgan fingerprint density at radius 2 is 1.63 bits per heavy atom. The highest BCUT2D eigenvalue weighted by molar-refractivity contribution is 5.86. The Balaban J connectivity index is 1.78. The SMILES string of the molecule is C/C(=N\NC(=O)C1CCC(O)CC1)C1CCCCC1. The first-order valence-electron chi connectivity index (χ1n) is 7.69. The van der Waals surface area contributed by atoms with Crippen LogP contribution in [0.3, 0.4) is 0 Å². The van der Waals surface area contributed by atoms with Crippen molar-refractivity contribution in [1.82, 2.24) is 5.43 Å². The minimum absolute atomic E-state index is 0.0297. The molecule has 0 unspecified atom stereocenters. The lowest BCUT2D eigenvalue weighted by Crippen LogP contribution is -2.32. The molecule has 1 amide bonds. The first-order valence-corrected chi connectivity index (χ1v) is 7.69. The molecule has 0 spiro atoms. The molecule has 0 aromatic heterocycles. The van der Waals surface area contributed by atoms with Crippen LogP contribution in [0.2, 0.25) is 0 Å². The van der Waals surface area contributed by atoms with Crippen LogP contribution in [-0.4, -0.2) is 22.8 Å². The zero-order chi connectivity index (χ0) is 13.7. The lowest BCUT2D eigenvalue weighted by molar-refractivity contribution is -0.126. The van der Waals surface area contributed by atoms with Crippen molar-refractivity contribution in [1.29, 1.82) is 0 Å². The number of aliphatic hydroxyl groups excluding tert-OH is 1. The Labute approximate surface area is 115 Å². The molecule has 0 aromatic carbocycles. The van der Waals surface area contributed by atoms with Gasteiger partial charge in [-0.05, 0) is 51.4 Å². The zero-order valence-corrected chi connectivity index (χ0v) is 11.9. The van der Waals surface area contributed by atoms with E-state index in [9.17, 15) is 9.90 Å². The maximum absolute atomic E-state index is 12.0. The summed E-state index contributed by atoms with van der Waals surface area (Å²) in [5, 5.41) is 13.7. The van der Waals surface area contributed by atoms with Gasteiger partial charge in [0.15, 0.2) is 0 Å². The molecule has 0 aliphatic heterocycles. The third-order valence-corrected chi connectivity index (χ3v) is 4.61. The maximum atomic E-state index is 12.0. The maximum Gasteiger partial charge on any atom is 0.243 e. The van der Waals surface area contributed by atoms with Gasteiger partial charge < -0.3 is 5.11 Å². The Morgan fingerprint density at radius 1 is 1.00 bits per heavy atom. The van der Waals surface area contributed by atoms with E-state index in [-0.39, 0.29) is 17.9 Å². The molecule has 0 aromatic rings. The van der Waals surface area contributed by atoms with E-state index in [0.717, 1.165) is 31.4 Å². The molecule has 2 aliphatic rings. The fourth-order valence-electron chi connectivity index (χ4n) is 3.18. The first-order chi connectivity index (χ1) is 9.16. The smallest absolute Gasteiger partial charge is 0.243 e. The number of hydrazone groups is 1. The molecule has 2 fully saturated rings. The largest absolute Gasteiger partial charge is 0.393 e. The molecule has 0 atom stereocenters. The molecule has 0 radical (unpaired) electrons. The third-order valence-electron chi connectivity index (χ3n) is 4.61. The molecule has 4 nitrogen and oxygen atoms in total. The van der Waals surface area contributed by atoms with Crippen molar-refractivity contribution in [2.45, 2.75) is 70.8 Å². The summed E-state index contributed by atoms with van der Waals surface area (Å²) in [5.74, 6) is 0.621. The molecule has 0 saturated heterocycles. The highest BCUT2D eigenvalue weighted by Gasteiger charge is 2.25. The second-order valence-corrected chi connectivity index (χ2v) is 6.07. The third kappa shape index (κ3) is 4.30. The van der Waals surface area contributed by atoms with Gasteiger partial charge in [0.2, 0.25) is 5.91 Å². The summed E-state index contributed by atoms with van der Waals surface area (Å²) in [6, 6.07) is 0. The minimum atomic E-state index is -0.212. The zero-order valence-electron chi connectivity index (χ0n) is 11.9. The van der Waals surface area contributed by atoms with Crippen LogP contribution in [0.1, 0.15) is 64.7 Å². The summed E-state index contributed by atoms with van der Waals surface area (Å²) in [7, 11) is 0. The number of hydrogen-bond acceptors (Lipinski definition) is 3. The van der Waals surface area contributed by atoms with Crippen LogP contribution < -0.4 is 5.43 Å². The number of nitrogens with one attached hydrogen (secondary N) is 1. The normalized spacial score (nSPS) is 30.1. The average Bonchev–Trinajstić information content (AvgIpc) is 2.46. The van der Waals surface area contributed by atoms with Crippen molar-refractivity contribution in [3.63, 3.8) is 0 Å². The predicted octanol–water partition coefficient (Wildman–Crippen LogP) is 2.61. The Kier molecular flexibility index (Phi) is 5.37. The van der Waals surface area contributed by atoms with Gasteiger partial charge in [-0.25, -0.2) is 5.43 Å². The molecule has 108 valence electrons. The van der Waals surface area contributed by atoms with Gasteiger partial charge in [-0.3, -0.25) is 4.79 Å². The van der Waals surface area contributed by atoms with E-state index in [2.05, 4.69) is 10.5 Å². The Bertz CT molecular complexity index is 327. The fraction of sp³-hybridized carbons (Fsp3) is 0.867. The van der Waals surface area contributed by atoms with Crippen molar-refractivity contribution in [2.75, 3.05) is 0 Å². The second kappa shape index (κ2) is 7.04. The van der Waals surface area contributed by atoms with Crippen molar-refractivity contribution in [3.8, 4) is 0 Å². The lowest BCUT2D eigenvalue weighted by atomic mass is 9.86. The average molecular weight is 266 g/mol. The van der Waals surface area contributed by atoms with Crippen LogP contribution in [0.25, 0.3) is 0 Å². The molecular formula is C15H26N2O2. The summed E-state index contributed by atoms with van der Waals surface area (Å²) < 4.78 is 0. The van der Waals surface area contributed by atoms with E-state index in [1.807, 2.05) is 6.92 Å². The highest BCUT2D eigenvalue weighted by atomic mass is 16.3. The number of carbonyl (C=O) groups is 1. The van der Waals surface area contributed by atoms with Gasteiger partial charge in [0.05, 0.1) is 6.10 Å². The molecule has 19 heavy (non-hydrogen) atoms. The first kappa shape index (κ1) is 14.5. The fourth-order valence-corrected chi connectivity index (χ4v) is 3.18. The van der Waals surface area contributed by atoms with Gasteiger partial charge in [-0.15, -0.1) is 0 Å². The van der Waals surface area contributed by atoms with Crippen LogP contribution in [0, 0.1) is 11.8 Å².